The van der Waals surface area contributed by atoms with Crippen LogP contribution in [0.1, 0.15) is 10.5 Å². The molecule has 1 aromatic heterocycles. The second-order valence-electron chi connectivity index (χ2n) is 3.60. The van der Waals surface area contributed by atoms with Gasteiger partial charge in [0.15, 0.2) is 0 Å². The van der Waals surface area contributed by atoms with Crippen molar-refractivity contribution in [3.63, 3.8) is 0 Å². The van der Waals surface area contributed by atoms with Crippen molar-refractivity contribution in [2.45, 2.75) is 0 Å². The maximum absolute atomic E-state index is 11.9. The van der Waals surface area contributed by atoms with Crippen LogP contribution < -0.4 is 10.2 Å². The monoisotopic (exact) mass is 310 g/mol. The summed E-state index contributed by atoms with van der Waals surface area (Å²) in [5, 5.41) is 44.3. The zero-order valence-electron chi connectivity index (χ0n) is 9.71. The molecule has 1 aromatic carbocycles. The number of non-ortho nitro benzene ring substituents is 1. The van der Waals surface area contributed by atoms with E-state index in [0.717, 1.165) is 0 Å². The first-order valence-corrected chi connectivity index (χ1v) is 5.74. The van der Waals surface area contributed by atoms with E-state index < -0.39 is 49.9 Å². The molecule has 2 aromatic rings. The minimum absolute atomic E-state index is 0.427. The fraction of sp³-hybridized carbons (Fsp3) is 0. The second-order valence-corrected chi connectivity index (χ2v) is 4.13. The summed E-state index contributed by atoms with van der Waals surface area (Å²) in [7, 11) is 0. The molecule has 0 radical (unpaired) electrons. The van der Waals surface area contributed by atoms with Gasteiger partial charge in [0.1, 0.15) is 11.4 Å². The van der Waals surface area contributed by atoms with Crippen LogP contribution in [0.2, 0.25) is 0 Å². The lowest BCUT2D eigenvalue weighted by Crippen LogP contribution is -2.23. The first-order chi connectivity index (χ1) is 9.82. The maximum Gasteiger partial charge on any atom is 0.276 e. The Morgan fingerprint density at radius 3 is 2.33 bits per heavy atom. The molecule has 11 nitrogen and oxygen atoms in total. The van der Waals surface area contributed by atoms with Gasteiger partial charge in [-0.25, -0.2) is 0 Å². The molecule has 21 heavy (non-hydrogen) atoms. The number of carboxylic acids is 1. The highest BCUT2D eigenvalue weighted by molar-refractivity contribution is 6.99. The molecule has 0 N–H and O–H groups in total. The van der Waals surface area contributed by atoms with Gasteiger partial charge < -0.3 is 15.0 Å². The van der Waals surface area contributed by atoms with Crippen molar-refractivity contribution in [3.8, 4) is 17.0 Å². The minimum Gasteiger partial charge on any atom is -0.867 e. The van der Waals surface area contributed by atoms with Crippen LogP contribution in [0.25, 0.3) is 11.3 Å². The van der Waals surface area contributed by atoms with Crippen molar-refractivity contribution < 1.29 is 24.9 Å². The smallest absolute Gasteiger partial charge is 0.276 e. The third kappa shape index (κ3) is 2.46. The molecule has 0 aliphatic rings. The molecule has 1 heterocycles. The predicted octanol–water partition coefficient (Wildman–Crippen LogP) is -0.541. The molecule has 108 valence electrons. The highest BCUT2D eigenvalue weighted by Crippen LogP contribution is 2.38. The molecule has 0 atom stereocenters. The van der Waals surface area contributed by atoms with Gasteiger partial charge in [-0.1, -0.05) is 0 Å². The van der Waals surface area contributed by atoms with Gasteiger partial charge in [-0.3, -0.25) is 20.2 Å². The van der Waals surface area contributed by atoms with Crippen LogP contribution >= 0.6 is 11.7 Å². The summed E-state index contributed by atoms with van der Waals surface area (Å²) >= 11 is 0.427. The van der Waals surface area contributed by atoms with Gasteiger partial charge in [-0.05, 0) is 5.75 Å². The number of carbonyl (C=O) groups excluding carboxylic acids is 1. The van der Waals surface area contributed by atoms with E-state index in [1.54, 1.807) is 0 Å². The van der Waals surface area contributed by atoms with Crippen LogP contribution in [0, 0.1) is 20.2 Å². The molecule has 0 fully saturated rings. The maximum atomic E-state index is 11.9. The van der Waals surface area contributed by atoms with Crippen LogP contribution in [0.15, 0.2) is 12.1 Å². The van der Waals surface area contributed by atoms with Crippen molar-refractivity contribution in [2.75, 3.05) is 0 Å². The Morgan fingerprint density at radius 2 is 1.81 bits per heavy atom. The summed E-state index contributed by atoms with van der Waals surface area (Å²) < 4.78 is 6.91. The highest BCUT2D eigenvalue weighted by Gasteiger charge is 2.23. The van der Waals surface area contributed by atoms with Gasteiger partial charge in [0, 0.05) is 11.6 Å². The Balaban J connectivity index is 2.78. The number of carboxylic acid groups (broad SMARTS) is 1. The predicted molar refractivity (Wildman–Crippen MR) is 62.4 cm³/mol. The standard InChI is InChI=1S/C9H4N4O7S/c14-8-4(6-7(9(15)16)11-21-10-6)1-3(12(17)18)2-5(8)13(19)20/h1-2,14H,(H,15,16)/p-2. The number of aromatic carboxylic acids is 1. The molecule has 0 amide bonds. The zero-order chi connectivity index (χ0) is 15.7. The molecule has 0 unspecified atom stereocenters. The van der Waals surface area contributed by atoms with E-state index in [1.807, 2.05) is 0 Å². The third-order valence-electron chi connectivity index (χ3n) is 2.40. The molecule has 12 heteroatoms. The molecule has 0 aliphatic heterocycles. The van der Waals surface area contributed by atoms with Gasteiger partial charge in [0.2, 0.25) is 0 Å². The lowest BCUT2D eigenvalue weighted by Gasteiger charge is -2.12. The fourth-order valence-electron chi connectivity index (χ4n) is 1.51. The van der Waals surface area contributed by atoms with E-state index in [9.17, 15) is 35.2 Å². The fourth-order valence-corrected chi connectivity index (χ4v) is 2.06. The van der Waals surface area contributed by atoms with E-state index in [0.29, 0.717) is 23.9 Å². The number of hydrogen-bond donors (Lipinski definition) is 0. The number of hydrogen-bond acceptors (Lipinski definition) is 10. The van der Waals surface area contributed by atoms with Crippen LogP contribution in [0.4, 0.5) is 11.4 Å². The number of nitro groups is 2. The molecule has 0 spiro atoms. The lowest BCUT2D eigenvalue weighted by atomic mass is 10.1. The summed E-state index contributed by atoms with van der Waals surface area (Å²) in [4.78, 5) is 30.3. The largest absolute Gasteiger partial charge is 0.867 e. The van der Waals surface area contributed by atoms with Crippen molar-refractivity contribution >= 4 is 29.1 Å². The Hall–Kier alpha value is -3.15. The number of rotatable bonds is 4. The number of carbonyl (C=O) groups is 1. The second kappa shape index (κ2) is 5.09. The van der Waals surface area contributed by atoms with Crippen molar-refractivity contribution in [1.82, 2.24) is 8.75 Å². The average Bonchev–Trinajstić information content (AvgIpc) is 2.87. The Labute approximate surface area is 118 Å². The van der Waals surface area contributed by atoms with Crippen LogP contribution in [0.3, 0.4) is 0 Å². The number of aromatic nitrogens is 2. The summed E-state index contributed by atoms with van der Waals surface area (Å²) in [6.45, 7) is 0. The molecule has 0 saturated carbocycles. The molecular formula is C9H2N4O7S-2. The van der Waals surface area contributed by atoms with Crippen molar-refractivity contribution in [2.24, 2.45) is 0 Å². The number of nitrogens with zero attached hydrogens (tertiary/aromatic N) is 4. The summed E-state index contributed by atoms with van der Waals surface area (Å²) in [6, 6.07) is 1.20. The molecule has 0 aliphatic carbocycles. The molecule has 0 bridgehead atoms. The van der Waals surface area contributed by atoms with Gasteiger partial charge >= 0.3 is 0 Å². The van der Waals surface area contributed by atoms with Crippen molar-refractivity contribution in [1.29, 1.82) is 0 Å². The quantitative estimate of drug-likeness (QED) is 0.530. The van der Waals surface area contributed by atoms with Crippen LogP contribution in [-0.2, 0) is 0 Å². The molecule has 0 saturated heterocycles. The topological polar surface area (TPSA) is 175 Å². The van der Waals surface area contributed by atoms with E-state index in [1.165, 1.54) is 0 Å². The van der Waals surface area contributed by atoms with E-state index >= 15 is 0 Å². The van der Waals surface area contributed by atoms with Crippen LogP contribution in [-0.4, -0.2) is 24.6 Å². The van der Waals surface area contributed by atoms with E-state index in [2.05, 4.69) is 8.75 Å². The molecule has 2 rings (SSSR count). The third-order valence-corrected chi connectivity index (χ3v) is 2.93. The first kappa shape index (κ1) is 14.3. The Morgan fingerprint density at radius 1 is 1.14 bits per heavy atom. The van der Waals surface area contributed by atoms with E-state index in [-0.39, 0.29) is 0 Å². The normalized spacial score (nSPS) is 10.3. The van der Waals surface area contributed by atoms with E-state index in [4.69, 9.17) is 0 Å². The number of nitro benzene ring substituents is 2. The highest BCUT2D eigenvalue weighted by atomic mass is 32.1. The van der Waals surface area contributed by atoms with Gasteiger partial charge in [-0.15, -0.1) is 0 Å². The minimum atomic E-state index is -1.76. The zero-order valence-corrected chi connectivity index (χ0v) is 10.5. The Bertz CT molecular complexity index is 771. The van der Waals surface area contributed by atoms with Crippen molar-refractivity contribution in [3.05, 3.63) is 38.1 Å². The summed E-state index contributed by atoms with van der Waals surface area (Å²) in [6.07, 6.45) is 0. The summed E-state index contributed by atoms with van der Waals surface area (Å²) in [5.41, 5.74) is -3.61. The van der Waals surface area contributed by atoms with Gasteiger partial charge in [0.25, 0.3) is 11.4 Å². The number of benzene rings is 1. The summed E-state index contributed by atoms with van der Waals surface area (Å²) in [5.74, 6) is -2.95. The van der Waals surface area contributed by atoms with Gasteiger partial charge in [0.05, 0.1) is 33.6 Å². The first-order valence-electron chi connectivity index (χ1n) is 5.01. The average molecular weight is 310 g/mol. The van der Waals surface area contributed by atoms with Crippen LogP contribution in [0.5, 0.6) is 5.75 Å². The molecular weight excluding hydrogens is 308 g/mol. The SMILES string of the molecule is O=C([O-])c1nsnc1-c1cc([N+](=O)[O-])cc([N+](=O)[O-])c1[O-]. The Kier molecular flexibility index (Phi) is 3.45. The van der Waals surface area contributed by atoms with Gasteiger partial charge in [-0.2, -0.15) is 8.75 Å². The lowest BCUT2D eigenvalue weighted by molar-refractivity contribution is -0.403.